The van der Waals surface area contributed by atoms with Gasteiger partial charge in [0.1, 0.15) is 0 Å². The maximum absolute atomic E-state index is 12.4. The Hall–Kier alpha value is -1.14. The van der Waals surface area contributed by atoms with Crippen molar-refractivity contribution in [3.05, 3.63) is 45.3 Å². The van der Waals surface area contributed by atoms with Gasteiger partial charge in [-0.15, -0.1) is 0 Å². The van der Waals surface area contributed by atoms with E-state index in [1.807, 2.05) is 36.4 Å². The Morgan fingerprint density at radius 1 is 1.04 bits per heavy atom. The third-order valence-electron chi connectivity index (χ3n) is 4.00. The van der Waals surface area contributed by atoms with Gasteiger partial charge >= 0.3 is 15.5 Å². The molecule has 3 rings (SSSR count). The minimum absolute atomic E-state index is 0.0797. The summed E-state index contributed by atoms with van der Waals surface area (Å²) in [6.07, 6.45) is -1.35. The number of fused-ring (bicyclic) bond motifs is 3. The van der Waals surface area contributed by atoms with Crippen LogP contribution in [0.3, 0.4) is 0 Å². The molecule has 0 bridgehead atoms. The number of alkyl halides is 3. The molecule has 1 unspecified atom stereocenters. The molecule has 2 N–H and O–H groups in total. The number of nitrogens with zero attached hydrogens (tertiary/aromatic N) is 1. The lowest BCUT2D eigenvalue weighted by Crippen LogP contribution is -2.41. The maximum Gasteiger partial charge on any atom is 0.511 e. The van der Waals surface area contributed by atoms with E-state index in [0.29, 0.717) is 0 Å². The lowest BCUT2D eigenvalue weighted by molar-refractivity contribution is -0.0450. The molecule has 0 radical (unpaired) electrons. The molecule has 0 aliphatic rings. The zero-order chi connectivity index (χ0) is 20.0. The van der Waals surface area contributed by atoms with Crippen LogP contribution in [0.15, 0.2) is 45.3 Å². The zero-order valence-electron chi connectivity index (χ0n) is 13.5. The molecule has 1 heterocycles. The molecule has 0 amide bonds. The molecule has 2 aromatic carbocycles. The number of aromatic nitrogens is 1. The molecule has 146 valence electrons. The predicted octanol–water partition coefficient (Wildman–Crippen LogP) is 4.12. The van der Waals surface area contributed by atoms with E-state index in [-0.39, 0.29) is 6.54 Å². The van der Waals surface area contributed by atoms with Gasteiger partial charge in [0.15, 0.2) is 0 Å². The predicted molar refractivity (Wildman–Crippen MR) is 104 cm³/mol. The van der Waals surface area contributed by atoms with Gasteiger partial charge < -0.3 is 9.67 Å². The molecule has 11 heteroatoms. The lowest BCUT2D eigenvalue weighted by Gasteiger charge is -2.16. The average molecular weight is 530 g/mol. The van der Waals surface area contributed by atoms with Crippen LogP contribution >= 0.6 is 31.9 Å². The number of hydrogen-bond acceptors (Lipinski definition) is 3. The third kappa shape index (κ3) is 4.16. The first-order chi connectivity index (χ1) is 12.5. The highest BCUT2D eigenvalue weighted by Crippen LogP contribution is 2.33. The van der Waals surface area contributed by atoms with Crippen LogP contribution in [0, 0.1) is 0 Å². The largest absolute Gasteiger partial charge is 0.511 e. The summed E-state index contributed by atoms with van der Waals surface area (Å²) in [6.45, 7) is -0.834. The maximum atomic E-state index is 12.4. The molecule has 27 heavy (non-hydrogen) atoms. The molecule has 3 aromatic rings. The van der Waals surface area contributed by atoms with Crippen LogP contribution in [0.1, 0.15) is 0 Å². The highest BCUT2D eigenvalue weighted by molar-refractivity contribution is 9.10. The summed E-state index contributed by atoms with van der Waals surface area (Å²) in [5.41, 5.74) is -3.88. The summed E-state index contributed by atoms with van der Waals surface area (Å²) in [5.74, 6) is 0. The van der Waals surface area contributed by atoms with E-state index in [1.54, 1.807) is 4.57 Å². The Labute approximate surface area is 169 Å². The number of hydrogen-bond donors (Lipinski definition) is 2. The van der Waals surface area contributed by atoms with Crippen LogP contribution in [0.25, 0.3) is 21.8 Å². The van der Waals surface area contributed by atoms with Gasteiger partial charge in [0.2, 0.25) is 0 Å². The van der Waals surface area contributed by atoms with Crippen molar-refractivity contribution < 1.29 is 26.7 Å². The van der Waals surface area contributed by atoms with Gasteiger partial charge in [-0.25, -0.2) is 13.1 Å². The van der Waals surface area contributed by atoms with Gasteiger partial charge in [0.05, 0.1) is 12.6 Å². The summed E-state index contributed by atoms with van der Waals surface area (Å²) >= 11 is 6.82. The van der Waals surface area contributed by atoms with E-state index in [4.69, 9.17) is 0 Å². The molecule has 0 fully saturated rings. The van der Waals surface area contributed by atoms with E-state index >= 15 is 0 Å². The fourth-order valence-corrected chi connectivity index (χ4v) is 4.11. The van der Waals surface area contributed by atoms with Crippen LogP contribution in [0.2, 0.25) is 0 Å². The first-order valence-corrected chi connectivity index (χ1v) is 10.7. The van der Waals surface area contributed by atoms with Crippen molar-refractivity contribution in [1.82, 2.24) is 9.29 Å². The Morgan fingerprint density at radius 2 is 1.52 bits per heavy atom. The Morgan fingerprint density at radius 3 is 1.96 bits per heavy atom. The SMILES string of the molecule is O=S(=O)(NCC(O)Cn1c2ccc(Br)cc2c2cc(Br)ccc21)C(F)(F)F. The van der Waals surface area contributed by atoms with E-state index in [9.17, 15) is 26.7 Å². The van der Waals surface area contributed by atoms with Crippen LogP contribution in [-0.4, -0.2) is 36.2 Å². The van der Waals surface area contributed by atoms with Crippen molar-refractivity contribution in [3.63, 3.8) is 0 Å². The van der Waals surface area contributed by atoms with E-state index < -0.39 is 28.2 Å². The average Bonchev–Trinajstić information content (AvgIpc) is 2.85. The van der Waals surface area contributed by atoms with Crippen LogP contribution in [0.4, 0.5) is 13.2 Å². The number of nitrogens with one attached hydrogen (secondary N) is 1. The molecule has 0 aliphatic heterocycles. The number of sulfonamides is 1. The van der Waals surface area contributed by atoms with Crippen LogP contribution < -0.4 is 4.72 Å². The lowest BCUT2D eigenvalue weighted by atomic mass is 10.2. The summed E-state index contributed by atoms with van der Waals surface area (Å²) in [6, 6.07) is 11.1. The summed E-state index contributed by atoms with van der Waals surface area (Å²) in [5, 5.41) is 11.9. The molecule has 1 atom stereocenters. The zero-order valence-corrected chi connectivity index (χ0v) is 17.5. The highest BCUT2D eigenvalue weighted by Gasteiger charge is 2.45. The van der Waals surface area contributed by atoms with Crippen molar-refractivity contribution in [3.8, 4) is 0 Å². The second-order valence-electron chi connectivity index (χ2n) is 5.89. The second-order valence-corrected chi connectivity index (χ2v) is 9.47. The molecule has 0 saturated heterocycles. The fourth-order valence-electron chi connectivity index (χ4n) is 2.81. The van der Waals surface area contributed by atoms with Crippen molar-refractivity contribution in [2.24, 2.45) is 0 Å². The van der Waals surface area contributed by atoms with Gasteiger partial charge in [-0.1, -0.05) is 31.9 Å². The number of aliphatic hydroxyl groups is 1. The van der Waals surface area contributed by atoms with E-state index in [0.717, 1.165) is 30.8 Å². The number of aliphatic hydroxyl groups excluding tert-OH is 1. The highest BCUT2D eigenvalue weighted by atomic mass is 79.9. The molecule has 1 aromatic heterocycles. The van der Waals surface area contributed by atoms with Crippen LogP contribution in [0.5, 0.6) is 0 Å². The third-order valence-corrected chi connectivity index (χ3v) is 6.14. The Balaban J connectivity index is 1.94. The van der Waals surface area contributed by atoms with Gasteiger partial charge in [0, 0.05) is 37.3 Å². The van der Waals surface area contributed by atoms with Crippen molar-refractivity contribution >= 4 is 63.7 Å². The number of halogens is 5. The van der Waals surface area contributed by atoms with E-state index in [2.05, 4.69) is 31.9 Å². The molecular weight excluding hydrogens is 517 g/mol. The fraction of sp³-hybridized carbons (Fsp3) is 0.250. The van der Waals surface area contributed by atoms with Crippen LogP contribution in [-0.2, 0) is 16.6 Å². The molecular formula is C16H13Br2F3N2O3S. The van der Waals surface area contributed by atoms with Crippen molar-refractivity contribution in [2.45, 2.75) is 18.2 Å². The van der Waals surface area contributed by atoms with E-state index in [1.165, 1.54) is 4.72 Å². The smallest absolute Gasteiger partial charge is 0.390 e. The topological polar surface area (TPSA) is 71.3 Å². The molecule has 5 nitrogen and oxygen atoms in total. The minimum Gasteiger partial charge on any atom is -0.390 e. The van der Waals surface area contributed by atoms with Crippen molar-refractivity contribution in [1.29, 1.82) is 0 Å². The number of rotatable bonds is 5. The quantitative estimate of drug-likeness (QED) is 0.522. The molecule has 0 saturated carbocycles. The standard InChI is InChI=1S/C16H13Br2F3N2O3S/c17-9-1-3-14-12(5-9)13-6-10(18)2-4-15(13)23(14)8-11(24)7-22-27(25,26)16(19,20)21/h1-6,11,22,24H,7-8H2. The summed E-state index contributed by atoms with van der Waals surface area (Å²) in [7, 11) is -5.50. The Kier molecular flexibility index (Phi) is 5.61. The van der Waals surface area contributed by atoms with Crippen molar-refractivity contribution in [2.75, 3.05) is 6.54 Å². The van der Waals surface area contributed by atoms with Gasteiger partial charge in [-0.2, -0.15) is 13.2 Å². The normalized spacial score (nSPS) is 14.1. The Bertz CT molecular complexity index is 1050. The van der Waals surface area contributed by atoms with Gasteiger partial charge in [0.25, 0.3) is 0 Å². The van der Waals surface area contributed by atoms with Gasteiger partial charge in [-0.3, -0.25) is 0 Å². The first-order valence-electron chi connectivity index (χ1n) is 7.60. The summed E-state index contributed by atoms with van der Waals surface area (Å²) < 4.78 is 64.3. The summed E-state index contributed by atoms with van der Waals surface area (Å²) in [4.78, 5) is 0. The van der Waals surface area contributed by atoms with Gasteiger partial charge in [-0.05, 0) is 36.4 Å². The molecule has 0 spiro atoms. The number of benzene rings is 2. The first kappa shape index (κ1) is 20.6. The second kappa shape index (κ2) is 7.36. The monoisotopic (exact) mass is 528 g/mol. The molecule has 0 aliphatic carbocycles. The minimum atomic E-state index is -5.50.